The molecule has 0 aromatic rings. The van der Waals surface area contributed by atoms with Crippen LogP contribution in [0.3, 0.4) is 0 Å². The zero-order valence-corrected chi connectivity index (χ0v) is 8.90. The molecular formula is C3H6HgO. The minimum atomic E-state index is 0. The predicted octanol–water partition coefficient (Wildman–Crippen LogP) is 0.403. The molecule has 1 heterocycles. The molecule has 2 heteroatoms. The summed E-state index contributed by atoms with van der Waals surface area (Å²) in [6.45, 7) is 3.04. The number of hydrogen-bond donors (Lipinski definition) is 0. The topological polar surface area (TPSA) is 12.5 Å². The van der Waals surface area contributed by atoms with Crippen molar-refractivity contribution < 1.29 is 32.4 Å². The molecule has 0 amide bonds. The van der Waals surface area contributed by atoms with E-state index in [2.05, 4.69) is 6.92 Å². The van der Waals surface area contributed by atoms with E-state index in [1.54, 1.807) is 0 Å². The Bertz CT molecular complexity index is 26.1. The molecule has 1 nitrogen and oxygen atoms in total. The summed E-state index contributed by atoms with van der Waals surface area (Å²) < 4.78 is 4.71. The van der Waals surface area contributed by atoms with Crippen LogP contribution in [0.25, 0.3) is 0 Å². The number of rotatable bonds is 0. The molecule has 1 aliphatic heterocycles. The van der Waals surface area contributed by atoms with Crippen molar-refractivity contribution in [2.75, 3.05) is 6.61 Å². The van der Waals surface area contributed by atoms with E-state index in [-0.39, 0.29) is 27.7 Å². The summed E-state index contributed by atoms with van der Waals surface area (Å²) >= 11 is 0. The van der Waals surface area contributed by atoms with Crippen LogP contribution in [0, 0.1) is 0 Å². The Balaban J connectivity index is 0.000000160. The molecule has 0 radical (unpaired) electrons. The standard InChI is InChI=1S/C3H6O.Hg/c1-3-2-4-3;/h3H,2H2,1H3;. The molecule has 0 saturated carbocycles. The van der Waals surface area contributed by atoms with E-state index in [0.29, 0.717) is 6.10 Å². The first-order chi connectivity index (χ1) is 1.89. The van der Waals surface area contributed by atoms with Crippen molar-refractivity contribution in [3.63, 3.8) is 0 Å². The molecular weight excluding hydrogens is 253 g/mol. The van der Waals surface area contributed by atoms with E-state index < -0.39 is 0 Å². The van der Waals surface area contributed by atoms with Crippen molar-refractivity contribution in [3.05, 3.63) is 0 Å². The van der Waals surface area contributed by atoms with Crippen LogP contribution in [0.5, 0.6) is 0 Å². The maximum absolute atomic E-state index is 4.71. The average Bonchev–Trinajstić information content (AvgIpc) is 1.75. The van der Waals surface area contributed by atoms with Gasteiger partial charge in [0.25, 0.3) is 0 Å². The Kier molecular flexibility index (Phi) is 2.52. The van der Waals surface area contributed by atoms with Gasteiger partial charge in [0.1, 0.15) is 0 Å². The molecule has 0 aliphatic carbocycles. The molecule has 1 fully saturated rings. The SMILES string of the molecule is CC1CO1.[Hg]. The molecule has 1 atom stereocenters. The molecule has 0 bridgehead atoms. The van der Waals surface area contributed by atoms with E-state index >= 15 is 0 Å². The van der Waals surface area contributed by atoms with Gasteiger partial charge in [-0.3, -0.25) is 0 Å². The van der Waals surface area contributed by atoms with Gasteiger partial charge in [-0.05, 0) is 6.92 Å². The Hall–Kier alpha value is 0.895. The quantitative estimate of drug-likeness (QED) is 0.453. The molecule has 1 saturated heterocycles. The second-order valence-electron chi connectivity index (χ2n) is 1.14. The zero-order valence-electron chi connectivity index (χ0n) is 3.40. The van der Waals surface area contributed by atoms with E-state index in [4.69, 9.17) is 4.74 Å². The van der Waals surface area contributed by atoms with Crippen LogP contribution >= 0.6 is 0 Å². The fourth-order valence-corrected chi connectivity index (χ4v) is 0.0962. The van der Waals surface area contributed by atoms with Crippen molar-refractivity contribution in [2.45, 2.75) is 13.0 Å². The third-order valence-electron chi connectivity index (χ3n) is 0.500. The van der Waals surface area contributed by atoms with Crippen LogP contribution in [-0.2, 0) is 32.4 Å². The number of epoxide rings is 1. The monoisotopic (exact) mass is 260 g/mol. The van der Waals surface area contributed by atoms with Gasteiger partial charge >= 0.3 is 0 Å². The van der Waals surface area contributed by atoms with E-state index in [0.717, 1.165) is 6.61 Å². The first kappa shape index (κ1) is 5.90. The van der Waals surface area contributed by atoms with Gasteiger partial charge in [-0.1, -0.05) is 0 Å². The summed E-state index contributed by atoms with van der Waals surface area (Å²) in [6.07, 6.45) is 0.583. The molecule has 1 aliphatic rings. The van der Waals surface area contributed by atoms with Crippen molar-refractivity contribution in [2.24, 2.45) is 0 Å². The Morgan fingerprint density at radius 1 is 1.80 bits per heavy atom. The van der Waals surface area contributed by atoms with Gasteiger partial charge < -0.3 is 4.74 Å². The Labute approximate surface area is 52.2 Å². The molecule has 0 aromatic heterocycles. The largest absolute Gasteiger partial charge is 0.373 e. The molecule has 26 valence electrons. The van der Waals surface area contributed by atoms with Crippen molar-refractivity contribution in [1.29, 1.82) is 0 Å². The van der Waals surface area contributed by atoms with E-state index in [9.17, 15) is 0 Å². The molecule has 0 N–H and O–H groups in total. The predicted molar refractivity (Wildman–Crippen MR) is 15.4 cm³/mol. The van der Waals surface area contributed by atoms with Crippen LogP contribution < -0.4 is 0 Å². The van der Waals surface area contributed by atoms with Crippen LogP contribution in [0.15, 0.2) is 0 Å². The molecule has 0 aromatic carbocycles. The van der Waals surface area contributed by atoms with Crippen LogP contribution in [0.2, 0.25) is 0 Å². The maximum Gasteiger partial charge on any atom is 0.0781 e. The summed E-state index contributed by atoms with van der Waals surface area (Å²) in [6, 6.07) is 0. The number of hydrogen-bond acceptors (Lipinski definition) is 1. The van der Waals surface area contributed by atoms with Crippen molar-refractivity contribution >= 4 is 0 Å². The minimum Gasteiger partial charge on any atom is -0.373 e. The zero-order chi connectivity index (χ0) is 2.99. The smallest absolute Gasteiger partial charge is 0.0781 e. The van der Waals surface area contributed by atoms with Gasteiger partial charge in [0, 0.05) is 27.7 Å². The van der Waals surface area contributed by atoms with Gasteiger partial charge in [0.05, 0.1) is 12.7 Å². The summed E-state index contributed by atoms with van der Waals surface area (Å²) in [5, 5.41) is 0. The molecule has 0 spiro atoms. The third kappa shape index (κ3) is 2.70. The Morgan fingerprint density at radius 2 is 2.00 bits per heavy atom. The van der Waals surface area contributed by atoms with Gasteiger partial charge in [-0.15, -0.1) is 0 Å². The fraction of sp³-hybridized carbons (Fsp3) is 1.00. The summed E-state index contributed by atoms with van der Waals surface area (Å²) in [7, 11) is 0. The summed E-state index contributed by atoms with van der Waals surface area (Å²) in [5.74, 6) is 0. The van der Waals surface area contributed by atoms with Gasteiger partial charge in [0.15, 0.2) is 0 Å². The Morgan fingerprint density at radius 3 is 2.00 bits per heavy atom. The normalized spacial score (nSPS) is 31.8. The van der Waals surface area contributed by atoms with Gasteiger partial charge in [-0.2, -0.15) is 0 Å². The van der Waals surface area contributed by atoms with Gasteiger partial charge in [0.2, 0.25) is 0 Å². The van der Waals surface area contributed by atoms with Gasteiger partial charge in [-0.25, -0.2) is 0 Å². The van der Waals surface area contributed by atoms with Crippen molar-refractivity contribution in [1.82, 2.24) is 0 Å². The second-order valence-corrected chi connectivity index (χ2v) is 1.14. The van der Waals surface area contributed by atoms with Crippen molar-refractivity contribution in [3.8, 4) is 0 Å². The first-order valence-electron chi connectivity index (χ1n) is 1.51. The first-order valence-corrected chi connectivity index (χ1v) is 1.51. The second kappa shape index (κ2) is 2.14. The maximum atomic E-state index is 4.71. The third-order valence-corrected chi connectivity index (χ3v) is 0.500. The summed E-state index contributed by atoms with van der Waals surface area (Å²) in [4.78, 5) is 0. The minimum absolute atomic E-state index is 0. The van der Waals surface area contributed by atoms with Crippen LogP contribution in [0.1, 0.15) is 6.92 Å². The van der Waals surface area contributed by atoms with E-state index in [1.165, 1.54) is 0 Å². The number of ether oxygens (including phenoxy) is 1. The molecule has 1 unspecified atom stereocenters. The summed E-state index contributed by atoms with van der Waals surface area (Å²) in [5.41, 5.74) is 0. The van der Waals surface area contributed by atoms with Crippen LogP contribution in [0.4, 0.5) is 0 Å². The van der Waals surface area contributed by atoms with Crippen LogP contribution in [-0.4, -0.2) is 12.7 Å². The molecule has 1 rings (SSSR count). The average molecular weight is 259 g/mol. The van der Waals surface area contributed by atoms with E-state index in [1.807, 2.05) is 0 Å². The fourth-order valence-electron chi connectivity index (χ4n) is 0.0962. The molecule has 5 heavy (non-hydrogen) atoms.